The van der Waals surface area contributed by atoms with Crippen molar-refractivity contribution in [2.75, 3.05) is 12.4 Å². The van der Waals surface area contributed by atoms with Crippen molar-refractivity contribution in [1.82, 2.24) is 14.6 Å². The summed E-state index contributed by atoms with van der Waals surface area (Å²) in [6, 6.07) is 7.78. The van der Waals surface area contributed by atoms with Crippen LogP contribution in [-0.2, 0) is 16.2 Å². The molecule has 2 aromatic heterocycles. The van der Waals surface area contributed by atoms with E-state index in [0.717, 1.165) is 12.3 Å². The second kappa shape index (κ2) is 7.37. The average Bonchev–Trinajstić information content (AvgIpc) is 3.00. The summed E-state index contributed by atoms with van der Waals surface area (Å²) in [6.07, 6.45) is -3.50. The maximum atomic E-state index is 12.8. The average molecular weight is 418 g/mol. The highest BCUT2D eigenvalue weighted by Crippen LogP contribution is 2.30. The molecule has 0 aliphatic carbocycles. The van der Waals surface area contributed by atoms with Crippen LogP contribution < -0.4 is 9.88 Å². The number of sulfonamides is 1. The molecule has 0 spiro atoms. The zero-order valence-corrected chi connectivity index (χ0v) is 15.2. The Bertz CT molecular complexity index is 1050. The number of hydrogen-bond acceptors (Lipinski definition) is 6. The molecule has 27 heavy (non-hydrogen) atoms. The van der Waals surface area contributed by atoms with Gasteiger partial charge in [-0.05, 0) is 36.4 Å². The predicted molar refractivity (Wildman–Crippen MR) is 92.0 cm³/mol. The van der Waals surface area contributed by atoms with E-state index in [1.165, 1.54) is 46.5 Å². The normalized spacial score (nSPS) is 12.4. The van der Waals surface area contributed by atoms with E-state index in [0.29, 0.717) is 22.3 Å². The van der Waals surface area contributed by atoms with E-state index in [1.54, 1.807) is 0 Å². The number of rotatable bonds is 6. The fourth-order valence-corrected chi connectivity index (χ4v) is 3.40. The smallest absolute Gasteiger partial charge is 0.417 e. The van der Waals surface area contributed by atoms with E-state index < -0.39 is 21.8 Å². The quantitative estimate of drug-likeness (QED) is 0.488. The van der Waals surface area contributed by atoms with Gasteiger partial charge < -0.3 is 4.74 Å². The van der Waals surface area contributed by atoms with Crippen LogP contribution in [0.4, 0.5) is 13.2 Å². The first-order chi connectivity index (χ1) is 12.6. The third kappa shape index (κ3) is 4.70. The van der Waals surface area contributed by atoms with Crippen molar-refractivity contribution in [3.05, 3.63) is 48.2 Å². The Morgan fingerprint density at radius 1 is 1.11 bits per heavy atom. The Kier molecular flexibility index (Phi) is 5.31. The van der Waals surface area contributed by atoms with Crippen LogP contribution in [0.1, 0.15) is 5.56 Å². The van der Waals surface area contributed by atoms with Crippen LogP contribution in [0.15, 0.2) is 52.6 Å². The van der Waals surface area contributed by atoms with Crippen molar-refractivity contribution < 1.29 is 26.3 Å². The first kappa shape index (κ1) is 19.5. The summed E-state index contributed by atoms with van der Waals surface area (Å²) in [5, 5.41) is 13.0. The molecule has 3 aromatic rings. The van der Waals surface area contributed by atoms with Gasteiger partial charge in [0.25, 0.3) is 0 Å². The van der Waals surface area contributed by atoms with Gasteiger partial charge in [-0.25, -0.2) is 13.6 Å². The van der Waals surface area contributed by atoms with Crippen LogP contribution in [-0.4, -0.2) is 35.4 Å². The molecule has 7 nitrogen and oxygen atoms in total. The van der Waals surface area contributed by atoms with Crippen LogP contribution in [0.2, 0.25) is 0 Å². The molecular formula is C15H13F3N4O3S2. The van der Waals surface area contributed by atoms with Crippen molar-refractivity contribution in [3.63, 3.8) is 0 Å². The van der Waals surface area contributed by atoms with Gasteiger partial charge in [0.05, 0.1) is 17.1 Å². The van der Waals surface area contributed by atoms with Crippen molar-refractivity contribution in [2.24, 2.45) is 5.14 Å². The molecule has 0 amide bonds. The number of thioether (sulfide) groups is 1. The van der Waals surface area contributed by atoms with E-state index in [9.17, 15) is 21.6 Å². The third-order valence-electron chi connectivity index (χ3n) is 3.43. The van der Waals surface area contributed by atoms with Crippen molar-refractivity contribution in [3.8, 4) is 5.75 Å². The van der Waals surface area contributed by atoms with Crippen molar-refractivity contribution in [2.45, 2.75) is 16.2 Å². The van der Waals surface area contributed by atoms with Crippen molar-refractivity contribution in [1.29, 1.82) is 0 Å². The molecule has 2 N–H and O–H groups in total. The number of ether oxygens (including phenoxy) is 1. The fourth-order valence-electron chi connectivity index (χ4n) is 2.15. The lowest BCUT2D eigenvalue weighted by atomic mass is 10.3. The third-order valence-corrected chi connectivity index (χ3v) is 5.27. The minimum Gasteiger partial charge on any atom is -0.493 e. The standard InChI is InChI=1S/C15H13F3N4O3S2/c16-15(17,18)10-1-6-13-20-21-14(22(13)9-10)26-8-7-25-11-2-4-12(5-3-11)27(19,23)24/h1-6,9H,7-8H2,(H2,19,23,24). The van der Waals surface area contributed by atoms with Crippen molar-refractivity contribution >= 4 is 27.4 Å². The van der Waals surface area contributed by atoms with Gasteiger partial charge in [0.1, 0.15) is 5.75 Å². The number of primary sulfonamides is 1. The molecule has 12 heteroatoms. The number of hydrogen-bond donors (Lipinski definition) is 1. The molecule has 0 atom stereocenters. The predicted octanol–water partition coefficient (Wildman–Crippen LogP) is 2.57. The van der Waals surface area contributed by atoms with Gasteiger partial charge in [-0.15, -0.1) is 10.2 Å². The second-order valence-corrected chi connectivity index (χ2v) is 7.96. The fraction of sp³-hybridized carbons (Fsp3) is 0.200. The molecule has 0 aliphatic rings. The van der Waals surface area contributed by atoms with E-state index in [2.05, 4.69) is 10.2 Å². The van der Waals surface area contributed by atoms with Crippen LogP contribution >= 0.6 is 11.8 Å². The van der Waals surface area contributed by atoms with E-state index in [-0.39, 0.29) is 11.5 Å². The van der Waals surface area contributed by atoms with Gasteiger partial charge in [0, 0.05) is 11.9 Å². The van der Waals surface area contributed by atoms with E-state index in [4.69, 9.17) is 9.88 Å². The molecule has 0 unspecified atom stereocenters. The van der Waals surface area contributed by atoms with E-state index >= 15 is 0 Å². The first-order valence-corrected chi connectivity index (χ1v) is 9.98. The number of pyridine rings is 1. The molecule has 144 valence electrons. The highest BCUT2D eigenvalue weighted by Gasteiger charge is 2.31. The number of nitrogens with zero attached hydrogens (tertiary/aromatic N) is 3. The van der Waals surface area contributed by atoms with Crippen LogP contribution in [0.3, 0.4) is 0 Å². The number of nitrogens with two attached hydrogens (primary N) is 1. The van der Waals surface area contributed by atoms with Gasteiger partial charge in [-0.2, -0.15) is 13.2 Å². The Labute approximate surface area is 156 Å². The molecule has 2 heterocycles. The Balaban J connectivity index is 1.61. The van der Waals surface area contributed by atoms with Crippen LogP contribution in [0.25, 0.3) is 5.65 Å². The SMILES string of the molecule is NS(=O)(=O)c1ccc(OCCSc2nnc3ccc(C(F)(F)F)cn23)cc1. The van der Waals surface area contributed by atoms with Gasteiger partial charge in [0.15, 0.2) is 10.8 Å². The van der Waals surface area contributed by atoms with E-state index in [1.807, 2.05) is 0 Å². The largest absolute Gasteiger partial charge is 0.493 e. The summed E-state index contributed by atoms with van der Waals surface area (Å²) in [4.78, 5) is -0.0281. The molecule has 0 bridgehead atoms. The maximum Gasteiger partial charge on any atom is 0.417 e. The van der Waals surface area contributed by atoms with Gasteiger partial charge >= 0.3 is 6.18 Å². The minimum absolute atomic E-state index is 0.0281. The zero-order chi connectivity index (χ0) is 19.7. The van der Waals surface area contributed by atoms with Gasteiger partial charge in [-0.3, -0.25) is 4.40 Å². The Morgan fingerprint density at radius 3 is 2.44 bits per heavy atom. The number of fused-ring (bicyclic) bond motifs is 1. The topological polar surface area (TPSA) is 99.6 Å². The number of alkyl halides is 3. The van der Waals surface area contributed by atoms with Crippen LogP contribution in [0.5, 0.6) is 5.75 Å². The molecule has 0 radical (unpaired) electrons. The van der Waals surface area contributed by atoms with Gasteiger partial charge in [-0.1, -0.05) is 11.8 Å². The molecular weight excluding hydrogens is 405 g/mol. The summed E-state index contributed by atoms with van der Waals surface area (Å²) in [5.74, 6) is 0.835. The summed E-state index contributed by atoms with van der Waals surface area (Å²) < 4.78 is 67.6. The monoisotopic (exact) mass is 418 g/mol. The number of benzene rings is 1. The maximum absolute atomic E-state index is 12.8. The molecule has 0 fully saturated rings. The Hall–Kier alpha value is -2.31. The highest BCUT2D eigenvalue weighted by molar-refractivity contribution is 7.99. The first-order valence-electron chi connectivity index (χ1n) is 7.45. The minimum atomic E-state index is -4.45. The number of aromatic nitrogens is 3. The Morgan fingerprint density at radius 2 is 1.81 bits per heavy atom. The molecule has 0 saturated carbocycles. The van der Waals surface area contributed by atoms with Crippen LogP contribution in [0, 0.1) is 0 Å². The summed E-state index contributed by atoms with van der Waals surface area (Å²) in [5.41, 5.74) is -0.479. The zero-order valence-electron chi connectivity index (χ0n) is 13.5. The summed E-state index contributed by atoms with van der Waals surface area (Å²) in [7, 11) is -3.77. The lowest BCUT2D eigenvalue weighted by molar-refractivity contribution is -0.137. The van der Waals surface area contributed by atoms with Gasteiger partial charge in [0.2, 0.25) is 10.0 Å². The molecule has 3 rings (SSSR count). The summed E-state index contributed by atoms with van der Waals surface area (Å²) >= 11 is 1.18. The molecule has 1 aromatic carbocycles. The molecule has 0 aliphatic heterocycles. The lowest BCUT2D eigenvalue weighted by Crippen LogP contribution is -2.11. The molecule has 0 saturated heterocycles. The second-order valence-electron chi connectivity index (χ2n) is 5.34. The summed E-state index contributed by atoms with van der Waals surface area (Å²) in [6.45, 7) is 0.229. The highest BCUT2D eigenvalue weighted by atomic mass is 32.2. The number of halogens is 3. The lowest BCUT2D eigenvalue weighted by Gasteiger charge is -2.08.